The van der Waals surface area contributed by atoms with Crippen molar-refractivity contribution in [1.29, 1.82) is 0 Å². The first-order valence-electron chi connectivity index (χ1n) is 12.0. The number of benzene rings is 1. The summed E-state index contributed by atoms with van der Waals surface area (Å²) < 4.78 is 34.8. The molecule has 0 N–H and O–H groups in total. The van der Waals surface area contributed by atoms with E-state index in [9.17, 15) is 13.6 Å². The maximum atomic E-state index is 14.7. The fourth-order valence-corrected chi connectivity index (χ4v) is 4.27. The maximum absolute atomic E-state index is 14.7. The van der Waals surface area contributed by atoms with E-state index in [1.165, 1.54) is 18.2 Å². The molecule has 1 heterocycles. The van der Waals surface area contributed by atoms with Crippen molar-refractivity contribution in [1.82, 2.24) is 14.7 Å². The molecule has 1 saturated heterocycles. The highest BCUT2D eigenvalue weighted by atomic mass is 19.1. The first-order chi connectivity index (χ1) is 15.2. The first kappa shape index (κ1) is 26.5. The van der Waals surface area contributed by atoms with E-state index in [1.54, 1.807) is 4.90 Å². The van der Waals surface area contributed by atoms with Crippen LogP contribution >= 0.6 is 0 Å². The van der Waals surface area contributed by atoms with Crippen LogP contribution in [0.15, 0.2) is 18.2 Å². The SMILES string of the molecule is CCN(CC)CCCCCC(c1c(F)cccc1F)N1CCN(C(=O)OC(C)(C)C)CC1. The van der Waals surface area contributed by atoms with Gasteiger partial charge in [-0.2, -0.15) is 0 Å². The van der Waals surface area contributed by atoms with Gasteiger partial charge in [0.1, 0.15) is 17.2 Å². The molecule has 0 aliphatic carbocycles. The molecule has 32 heavy (non-hydrogen) atoms. The van der Waals surface area contributed by atoms with Gasteiger partial charge >= 0.3 is 6.09 Å². The predicted octanol–water partition coefficient (Wildman–Crippen LogP) is 5.46. The Morgan fingerprint density at radius 3 is 2.16 bits per heavy atom. The molecule has 1 aliphatic rings. The normalized spacial score (nSPS) is 16.4. The minimum Gasteiger partial charge on any atom is -0.444 e. The van der Waals surface area contributed by atoms with Crippen molar-refractivity contribution in [3.8, 4) is 0 Å². The standard InChI is InChI=1S/C25H41F2N3O2/c1-6-28(7-2)15-10-8-9-14-22(23-20(26)12-11-13-21(23)27)29-16-18-30(19-17-29)24(31)32-25(3,4)5/h11-13,22H,6-10,14-19H2,1-5H3. The molecule has 5 nitrogen and oxygen atoms in total. The highest BCUT2D eigenvalue weighted by Crippen LogP contribution is 2.32. The predicted molar refractivity (Wildman–Crippen MR) is 125 cm³/mol. The summed E-state index contributed by atoms with van der Waals surface area (Å²) in [6.45, 7) is 15.1. The van der Waals surface area contributed by atoms with Crippen molar-refractivity contribution in [2.75, 3.05) is 45.8 Å². The zero-order valence-corrected chi connectivity index (χ0v) is 20.5. The molecule has 1 aromatic carbocycles. The molecule has 0 aromatic heterocycles. The lowest BCUT2D eigenvalue weighted by atomic mass is 9.96. The largest absolute Gasteiger partial charge is 0.444 e. The molecular formula is C25H41F2N3O2. The van der Waals surface area contributed by atoms with Crippen LogP contribution in [0.4, 0.5) is 13.6 Å². The number of amides is 1. The molecule has 0 radical (unpaired) electrons. The van der Waals surface area contributed by atoms with Crippen molar-refractivity contribution in [2.45, 2.75) is 71.9 Å². The average molecular weight is 454 g/mol. The van der Waals surface area contributed by atoms with E-state index in [0.29, 0.717) is 32.6 Å². The summed E-state index contributed by atoms with van der Waals surface area (Å²) in [4.78, 5) is 18.6. The smallest absolute Gasteiger partial charge is 0.410 e. The molecule has 182 valence electrons. The second-order valence-electron chi connectivity index (χ2n) is 9.53. The molecule has 1 aliphatic heterocycles. The molecular weight excluding hydrogens is 412 g/mol. The Kier molecular flexibility index (Phi) is 10.4. The van der Waals surface area contributed by atoms with Gasteiger partial charge in [-0.1, -0.05) is 32.8 Å². The van der Waals surface area contributed by atoms with Crippen LogP contribution in [0.3, 0.4) is 0 Å². The van der Waals surface area contributed by atoms with E-state index in [4.69, 9.17) is 4.74 Å². The number of carbonyl (C=O) groups is 1. The van der Waals surface area contributed by atoms with Crippen LogP contribution in [0, 0.1) is 11.6 Å². The highest BCUT2D eigenvalue weighted by Gasteiger charge is 2.31. The number of hydrogen-bond donors (Lipinski definition) is 0. The van der Waals surface area contributed by atoms with Gasteiger partial charge in [0.25, 0.3) is 0 Å². The van der Waals surface area contributed by atoms with Crippen molar-refractivity contribution in [2.24, 2.45) is 0 Å². The average Bonchev–Trinajstić information content (AvgIpc) is 2.73. The second kappa shape index (κ2) is 12.5. The highest BCUT2D eigenvalue weighted by molar-refractivity contribution is 5.68. The number of nitrogens with zero attached hydrogens (tertiary/aromatic N) is 3. The molecule has 2 rings (SSSR count). The number of carbonyl (C=O) groups excluding carboxylic acids is 1. The lowest BCUT2D eigenvalue weighted by Crippen LogP contribution is -2.51. The van der Waals surface area contributed by atoms with Gasteiger partial charge < -0.3 is 14.5 Å². The van der Waals surface area contributed by atoms with Crippen molar-refractivity contribution < 1.29 is 18.3 Å². The molecule has 0 spiro atoms. The summed E-state index contributed by atoms with van der Waals surface area (Å²) in [6.07, 6.45) is 3.39. The fraction of sp³-hybridized carbons (Fsp3) is 0.720. The van der Waals surface area contributed by atoms with E-state index < -0.39 is 17.2 Å². The summed E-state index contributed by atoms with van der Waals surface area (Å²) in [7, 11) is 0. The van der Waals surface area contributed by atoms with Gasteiger partial charge in [0, 0.05) is 37.8 Å². The van der Waals surface area contributed by atoms with Crippen molar-refractivity contribution >= 4 is 6.09 Å². The molecule has 0 saturated carbocycles. The molecule has 1 aromatic rings. The van der Waals surface area contributed by atoms with Gasteiger partial charge in [-0.3, -0.25) is 4.90 Å². The van der Waals surface area contributed by atoms with Crippen LogP contribution in [0.2, 0.25) is 0 Å². The summed E-state index contributed by atoms with van der Waals surface area (Å²) in [6, 6.07) is 3.76. The number of rotatable bonds is 10. The molecule has 0 bridgehead atoms. The van der Waals surface area contributed by atoms with Gasteiger partial charge in [0.15, 0.2) is 0 Å². The number of halogens is 2. The summed E-state index contributed by atoms with van der Waals surface area (Å²) in [5.41, 5.74) is -0.389. The third kappa shape index (κ3) is 8.00. The Bertz CT molecular complexity index is 691. The Labute approximate surface area is 192 Å². The quantitative estimate of drug-likeness (QED) is 0.441. The summed E-state index contributed by atoms with van der Waals surface area (Å²) in [5.74, 6) is -0.986. The number of piperazine rings is 1. The lowest BCUT2D eigenvalue weighted by Gasteiger charge is -2.40. The van der Waals surface area contributed by atoms with E-state index in [1.807, 2.05) is 20.8 Å². The third-order valence-electron chi connectivity index (χ3n) is 6.09. The molecule has 1 fully saturated rings. The van der Waals surface area contributed by atoms with Gasteiger partial charge in [-0.05, 0) is 65.4 Å². The zero-order valence-electron chi connectivity index (χ0n) is 20.5. The van der Waals surface area contributed by atoms with Gasteiger partial charge in [-0.25, -0.2) is 13.6 Å². The lowest BCUT2D eigenvalue weighted by molar-refractivity contribution is 0.00916. The molecule has 7 heteroatoms. The number of hydrogen-bond acceptors (Lipinski definition) is 4. The Morgan fingerprint density at radius 1 is 1.03 bits per heavy atom. The third-order valence-corrected chi connectivity index (χ3v) is 6.09. The fourth-order valence-electron chi connectivity index (χ4n) is 4.27. The van der Waals surface area contributed by atoms with Crippen LogP contribution in [-0.2, 0) is 4.74 Å². The monoisotopic (exact) mass is 453 g/mol. The van der Waals surface area contributed by atoms with E-state index >= 15 is 0 Å². The van der Waals surface area contributed by atoms with E-state index in [-0.39, 0.29) is 17.7 Å². The van der Waals surface area contributed by atoms with Gasteiger partial charge in [-0.15, -0.1) is 0 Å². The van der Waals surface area contributed by atoms with Crippen LogP contribution < -0.4 is 0 Å². The minimum absolute atomic E-state index is 0.155. The van der Waals surface area contributed by atoms with Gasteiger partial charge in [0.2, 0.25) is 0 Å². The summed E-state index contributed by atoms with van der Waals surface area (Å²) >= 11 is 0. The molecule has 1 atom stereocenters. The first-order valence-corrected chi connectivity index (χ1v) is 12.0. The Morgan fingerprint density at radius 2 is 1.62 bits per heavy atom. The zero-order chi connectivity index (χ0) is 23.7. The van der Waals surface area contributed by atoms with Crippen molar-refractivity contribution in [3.63, 3.8) is 0 Å². The topological polar surface area (TPSA) is 36.0 Å². The van der Waals surface area contributed by atoms with Crippen LogP contribution in [0.25, 0.3) is 0 Å². The van der Waals surface area contributed by atoms with Crippen LogP contribution in [0.5, 0.6) is 0 Å². The number of ether oxygens (including phenoxy) is 1. The van der Waals surface area contributed by atoms with Crippen molar-refractivity contribution in [3.05, 3.63) is 35.4 Å². The van der Waals surface area contributed by atoms with Crippen LogP contribution in [-0.4, -0.2) is 72.2 Å². The second-order valence-corrected chi connectivity index (χ2v) is 9.53. The molecule has 1 amide bonds. The Balaban J connectivity index is 2.01. The van der Waals surface area contributed by atoms with Crippen LogP contribution in [0.1, 0.15) is 71.9 Å². The summed E-state index contributed by atoms with van der Waals surface area (Å²) in [5, 5.41) is 0. The van der Waals surface area contributed by atoms with E-state index in [2.05, 4.69) is 23.6 Å². The maximum Gasteiger partial charge on any atom is 0.410 e. The molecule has 1 unspecified atom stereocenters. The number of unbranched alkanes of at least 4 members (excludes halogenated alkanes) is 2. The van der Waals surface area contributed by atoms with E-state index in [0.717, 1.165) is 38.9 Å². The van der Waals surface area contributed by atoms with Gasteiger partial charge in [0.05, 0.1) is 0 Å². The minimum atomic E-state index is -0.543. The Hall–Kier alpha value is -1.73.